The van der Waals surface area contributed by atoms with E-state index in [0.717, 1.165) is 11.3 Å². The average molecular weight is 310 g/mol. The lowest BCUT2D eigenvalue weighted by Gasteiger charge is -1.99. The Morgan fingerprint density at radius 2 is 1.91 bits per heavy atom. The van der Waals surface area contributed by atoms with E-state index in [4.69, 9.17) is 0 Å². The van der Waals surface area contributed by atoms with Gasteiger partial charge >= 0.3 is 0 Å². The molecule has 3 rings (SSSR count). The normalized spacial score (nSPS) is 11.8. The van der Waals surface area contributed by atoms with Crippen LogP contribution in [0.3, 0.4) is 0 Å². The van der Waals surface area contributed by atoms with Crippen molar-refractivity contribution in [2.75, 3.05) is 14.1 Å². The zero-order chi connectivity index (χ0) is 16.2. The Morgan fingerprint density at radius 1 is 1.13 bits per heavy atom. The monoisotopic (exact) mass is 310 g/mol. The van der Waals surface area contributed by atoms with E-state index in [1.54, 1.807) is 34.1 Å². The van der Waals surface area contributed by atoms with E-state index >= 15 is 0 Å². The predicted octanol–water partition coefficient (Wildman–Crippen LogP) is 2.66. The van der Waals surface area contributed by atoms with E-state index in [1.807, 2.05) is 32.3 Å². The topological polar surface area (TPSA) is 58.7 Å². The van der Waals surface area contributed by atoms with Crippen molar-refractivity contribution >= 4 is 30.2 Å². The maximum Gasteiger partial charge on any atom is 0.272 e. The highest BCUT2D eigenvalue weighted by molar-refractivity contribution is 5.68. The van der Waals surface area contributed by atoms with E-state index in [-0.39, 0.29) is 5.82 Å². The van der Waals surface area contributed by atoms with Gasteiger partial charge in [0.25, 0.3) is 11.7 Å². The van der Waals surface area contributed by atoms with Crippen LogP contribution in [0.4, 0.5) is 10.3 Å². The Hall–Kier alpha value is -3.09. The third-order valence-corrected chi connectivity index (χ3v) is 2.98. The lowest BCUT2D eigenvalue weighted by molar-refractivity contribution is 0.628. The fourth-order valence-electron chi connectivity index (χ4n) is 1.90. The smallest absolute Gasteiger partial charge is 0.272 e. The second-order valence-electron chi connectivity index (χ2n) is 5.09. The number of benzene rings is 1. The van der Waals surface area contributed by atoms with Crippen molar-refractivity contribution in [1.82, 2.24) is 24.5 Å². The lowest BCUT2D eigenvalue weighted by Crippen LogP contribution is -2.07. The van der Waals surface area contributed by atoms with Crippen LogP contribution in [0.25, 0.3) is 17.9 Å². The number of aliphatic imine (C=N–C) groups is 1. The summed E-state index contributed by atoms with van der Waals surface area (Å²) in [6, 6.07) is 8.08. The highest BCUT2D eigenvalue weighted by Gasteiger charge is 2.05. The number of rotatable bonds is 4. The molecule has 0 saturated carbocycles. The molecule has 0 aliphatic heterocycles. The summed E-state index contributed by atoms with van der Waals surface area (Å²) in [4.78, 5) is 14.4. The molecule has 0 atom stereocenters. The molecule has 0 radical (unpaired) electrons. The number of nitrogens with zero attached hydrogens (tertiary/aromatic N) is 6. The van der Waals surface area contributed by atoms with Gasteiger partial charge in [-0.1, -0.05) is 18.2 Å². The van der Waals surface area contributed by atoms with Crippen LogP contribution in [0, 0.1) is 5.82 Å². The minimum Gasteiger partial charge on any atom is -0.369 e. The Morgan fingerprint density at radius 3 is 2.65 bits per heavy atom. The van der Waals surface area contributed by atoms with Crippen molar-refractivity contribution in [3.8, 4) is 0 Å². The summed E-state index contributed by atoms with van der Waals surface area (Å²) in [6.07, 6.45) is 7.03. The summed E-state index contributed by atoms with van der Waals surface area (Å²) in [7, 11) is 3.74. The molecule has 6 nitrogen and oxygen atoms in total. The average Bonchev–Trinajstić information content (AvgIpc) is 2.96. The molecule has 3 aromatic rings. The molecule has 0 aliphatic rings. The summed E-state index contributed by atoms with van der Waals surface area (Å²) in [6.45, 7) is 0. The van der Waals surface area contributed by atoms with Crippen LogP contribution < -0.4 is 0 Å². The molecule has 1 aromatic carbocycles. The number of fused-ring (bicyclic) bond motifs is 1. The molecule has 0 amide bonds. The molecule has 0 fully saturated rings. The first-order valence-corrected chi connectivity index (χ1v) is 6.98. The quantitative estimate of drug-likeness (QED) is 0.549. The van der Waals surface area contributed by atoms with Crippen LogP contribution in [0.2, 0.25) is 0 Å². The van der Waals surface area contributed by atoms with E-state index < -0.39 is 0 Å². The van der Waals surface area contributed by atoms with Crippen molar-refractivity contribution in [2.24, 2.45) is 4.99 Å². The summed E-state index contributed by atoms with van der Waals surface area (Å²) in [5.74, 6) is 0.555. The standard InChI is InChI=1S/C16H15FN6/c1-22(2)11-19-15-20-16-18-10-9-14(23(16)21-15)8-5-12-3-6-13(17)7-4-12/h3-11H,1-2H3/b8-5+,19-11-. The van der Waals surface area contributed by atoms with Gasteiger partial charge in [0.15, 0.2) is 0 Å². The first kappa shape index (κ1) is 14.8. The molecule has 0 saturated heterocycles. The lowest BCUT2D eigenvalue weighted by atomic mass is 10.2. The van der Waals surface area contributed by atoms with Gasteiger partial charge in [-0.25, -0.2) is 14.4 Å². The second kappa shape index (κ2) is 6.35. The maximum absolute atomic E-state index is 12.9. The van der Waals surface area contributed by atoms with Gasteiger partial charge in [0.2, 0.25) is 0 Å². The largest absolute Gasteiger partial charge is 0.369 e. The van der Waals surface area contributed by atoms with Crippen LogP contribution in [0.5, 0.6) is 0 Å². The van der Waals surface area contributed by atoms with Crippen LogP contribution in [-0.2, 0) is 0 Å². The summed E-state index contributed by atoms with van der Waals surface area (Å²) in [5, 5.41) is 4.32. The first-order chi connectivity index (χ1) is 11.1. The van der Waals surface area contributed by atoms with Gasteiger partial charge in [-0.15, -0.1) is 5.10 Å². The van der Waals surface area contributed by atoms with Crippen LogP contribution in [0.15, 0.2) is 41.5 Å². The second-order valence-corrected chi connectivity index (χ2v) is 5.09. The van der Waals surface area contributed by atoms with Crippen molar-refractivity contribution < 1.29 is 4.39 Å². The molecule has 0 spiro atoms. The Kier molecular flexibility index (Phi) is 4.09. The van der Waals surface area contributed by atoms with Crippen LogP contribution >= 0.6 is 0 Å². The third-order valence-electron chi connectivity index (χ3n) is 2.98. The Balaban J connectivity index is 1.92. The van der Waals surface area contributed by atoms with Gasteiger partial charge in [-0.3, -0.25) is 0 Å². The summed E-state index contributed by atoms with van der Waals surface area (Å²) < 4.78 is 14.5. The summed E-state index contributed by atoms with van der Waals surface area (Å²) in [5.41, 5.74) is 1.69. The Bertz CT molecular complexity index is 864. The van der Waals surface area contributed by atoms with E-state index in [2.05, 4.69) is 20.1 Å². The van der Waals surface area contributed by atoms with E-state index in [9.17, 15) is 4.39 Å². The molecule has 116 valence electrons. The van der Waals surface area contributed by atoms with E-state index in [1.165, 1.54) is 12.1 Å². The minimum absolute atomic E-state index is 0.256. The number of halogens is 1. The molecule has 0 bridgehead atoms. The number of hydrogen-bond acceptors (Lipinski definition) is 4. The minimum atomic E-state index is -0.256. The molecule has 0 unspecified atom stereocenters. The molecule has 7 heteroatoms. The van der Waals surface area contributed by atoms with Gasteiger partial charge in [-0.05, 0) is 29.8 Å². The predicted molar refractivity (Wildman–Crippen MR) is 87.9 cm³/mol. The van der Waals surface area contributed by atoms with Gasteiger partial charge in [0.1, 0.15) is 5.82 Å². The maximum atomic E-state index is 12.9. The van der Waals surface area contributed by atoms with Crippen molar-refractivity contribution in [3.05, 3.63) is 53.6 Å². The highest BCUT2D eigenvalue weighted by Crippen LogP contribution is 2.12. The van der Waals surface area contributed by atoms with Crippen molar-refractivity contribution in [2.45, 2.75) is 0 Å². The molecule has 23 heavy (non-hydrogen) atoms. The molecular formula is C16H15FN6. The molecule has 2 aromatic heterocycles. The molecular weight excluding hydrogens is 295 g/mol. The zero-order valence-corrected chi connectivity index (χ0v) is 12.8. The third kappa shape index (κ3) is 3.57. The first-order valence-electron chi connectivity index (χ1n) is 6.98. The summed E-state index contributed by atoms with van der Waals surface area (Å²) >= 11 is 0. The number of hydrogen-bond donors (Lipinski definition) is 0. The van der Waals surface area contributed by atoms with Crippen molar-refractivity contribution in [1.29, 1.82) is 0 Å². The van der Waals surface area contributed by atoms with Crippen LogP contribution in [0.1, 0.15) is 11.3 Å². The molecule has 0 aliphatic carbocycles. The molecule has 2 heterocycles. The van der Waals surface area contributed by atoms with Gasteiger partial charge < -0.3 is 4.90 Å². The fourth-order valence-corrected chi connectivity index (χ4v) is 1.90. The fraction of sp³-hybridized carbons (Fsp3) is 0.125. The van der Waals surface area contributed by atoms with Crippen LogP contribution in [-0.4, -0.2) is 44.9 Å². The SMILES string of the molecule is CN(C)/C=N\c1nc2nccc(/C=C/c3ccc(F)cc3)n2n1. The Labute approximate surface area is 132 Å². The van der Waals surface area contributed by atoms with Gasteiger partial charge in [0, 0.05) is 20.3 Å². The van der Waals surface area contributed by atoms with Gasteiger partial charge in [0.05, 0.1) is 12.0 Å². The van der Waals surface area contributed by atoms with E-state index in [0.29, 0.717) is 11.7 Å². The van der Waals surface area contributed by atoms with Crippen molar-refractivity contribution in [3.63, 3.8) is 0 Å². The number of aromatic nitrogens is 4. The molecule has 0 N–H and O–H groups in total. The zero-order valence-electron chi connectivity index (χ0n) is 12.8. The van der Waals surface area contributed by atoms with Gasteiger partial charge in [-0.2, -0.15) is 9.50 Å². The highest BCUT2D eigenvalue weighted by atomic mass is 19.1.